The van der Waals surface area contributed by atoms with Gasteiger partial charge in [-0.05, 0) is 23.1 Å². The Hall–Kier alpha value is -2.21. The lowest BCUT2D eigenvalue weighted by molar-refractivity contribution is 1.14. The fourth-order valence-corrected chi connectivity index (χ4v) is 4.42. The summed E-state index contributed by atoms with van der Waals surface area (Å²) in [4.78, 5) is 21.7. The van der Waals surface area contributed by atoms with Crippen LogP contribution in [0.3, 0.4) is 0 Å². The summed E-state index contributed by atoms with van der Waals surface area (Å²) in [5.74, 6) is 0.387. The van der Waals surface area contributed by atoms with E-state index in [1.54, 1.807) is 17.4 Å². The van der Waals surface area contributed by atoms with Crippen molar-refractivity contribution >= 4 is 55.6 Å². The van der Waals surface area contributed by atoms with Crippen LogP contribution in [0.25, 0.3) is 31.8 Å². The summed E-state index contributed by atoms with van der Waals surface area (Å²) in [6.45, 7) is 0. The zero-order valence-corrected chi connectivity index (χ0v) is 14.7. The molecule has 0 aliphatic carbocycles. The molecule has 0 spiro atoms. The first-order chi connectivity index (χ1) is 11.7. The smallest absolute Gasteiger partial charge is 0.260 e. The SMILES string of the molecule is O=c1[nH]c(/C(Cl)=C/c2ccccc2)nc2scc(-c3cccs3)c12. The molecule has 4 aromatic rings. The van der Waals surface area contributed by atoms with Crippen LogP contribution >= 0.6 is 34.3 Å². The minimum atomic E-state index is -0.167. The minimum Gasteiger partial charge on any atom is -0.305 e. The van der Waals surface area contributed by atoms with Crippen molar-refractivity contribution in [1.82, 2.24) is 9.97 Å². The number of aromatic amines is 1. The Morgan fingerprint density at radius 1 is 1.12 bits per heavy atom. The maximum absolute atomic E-state index is 12.6. The van der Waals surface area contributed by atoms with Crippen molar-refractivity contribution in [2.75, 3.05) is 0 Å². The second-order valence-electron chi connectivity index (χ2n) is 5.12. The van der Waals surface area contributed by atoms with Gasteiger partial charge in [0.25, 0.3) is 5.56 Å². The second-order valence-corrected chi connectivity index (χ2v) is 7.34. The first-order valence-corrected chi connectivity index (χ1v) is 9.34. The number of aromatic nitrogens is 2. The van der Waals surface area contributed by atoms with Gasteiger partial charge in [0.1, 0.15) is 4.83 Å². The van der Waals surface area contributed by atoms with Crippen LogP contribution in [0.15, 0.2) is 58.0 Å². The van der Waals surface area contributed by atoms with E-state index in [9.17, 15) is 4.79 Å². The molecule has 0 aliphatic heterocycles. The number of hydrogen-bond acceptors (Lipinski definition) is 4. The number of rotatable bonds is 3. The molecule has 0 unspecified atom stereocenters. The predicted molar refractivity (Wildman–Crippen MR) is 104 cm³/mol. The third-order valence-electron chi connectivity index (χ3n) is 3.55. The van der Waals surface area contributed by atoms with E-state index >= 15 is 0 Å². The molecule has 6 heteroatoms. The summed E-state index contributed by atoms with van der Waals surface area (Å²) < 4.78 is 0. The number of fused-ring (bicyclic) bond motifs is 1. The van der Waals surface area contributed by atoms with Gasteiger partial charge in [0.15, 0.2) is 5.82 Å². The van der Waals surface area contributed by atoms with Crippen molar-refractivity contribution in [3.63, 3.8) is 0 Å². The first-order valence-electron chi connectivity index (χ1n) is 7.20. The fraction of sp³-hybridized carbons (Fsp3) is 0. The van der Waals surface area contributed by atoms with Crippen LogP contribution in [-0.4, -0.2) is 9.97 Å². The van der Waals surface area contributed by atoms with Crippen molar-refractivity contribution in [2.24, 2.45) is 0 Å². The number of nitrogens with zero attached hydrogens (tertiary/aromatic N) is 1. The van der Waals surface area contributed by atoms with E-state index in [2.05, 4.69) is 9.97 Å². The monoisotopic (exact) mass is 370 g/mol. The van der Waals surface area contributed by atoms with Crippen molar-refractivity contribution in [2.45, 2.75) is 0 Å². The van der Waals surface area contributed by atoms with Gasteiger partial charge in [-0.3, -0.25) is 4.79 Å². The molecule has 0 aliphatic rings. The van der Waals surface area contributed by atoms with Crippen molar-refractivity contribution in [1.29, 1.82) is 0 Å². The minimum absolute atomic E-state index is 0.167. The van der Waals surface area contributed by atoms with Crippen molar-refractivity contribution in [3.05, 3.63) is 75.0 Å². The highest BCUT2D eigenvalue weighted by atomic mass is 35.5. The number of hydrogen-bond donors (Lipinski definition) is 1. The molecule has 1 aromatic carbocycles. The van der Waals surface area contributed by atoms with Crippen molar-refractivity contribution in [3.8, 4) is 10.4 Å². The van der Waals surface area contributed by atoms with Gasteiger partial charge in [-0.25, -0.2) is 4.98 Å². The van der Waals surface area contributed by atoms with Crippen LogP contribution in [-0.2, 0) is 0 Å². The highest BCUT2D eigenvalue weighted by Gasteiger charge is 2.14. The lowest BCUT2D eigenvalue weighted by Gasteiger charge is -2.01. The van der Waals surface area contributed by atoms with Crippen LogP contribution in [0.4, 0.5) is 0 Å². The summed E-state index contributed by atoms with van der Waals surface area (Å²) in [5.41, 5.74) is 1.71. The average molecular weight is 371 g/mol. The number of H-pyrrole nitrogens is 1. The molecule has 0 bridgehead atoms. The van der Waals surface area contributed by atoms with Crippen LogP contribution in [0, 0.1) is 0 Å². The normalized spacial score (nSPS) is 12.0. The van der Waals surface area contributed by atoms with Gasteiger partial charge >= 0.3 is 0 Å². The summed E-state index contributed by atoms with van der Waals surface area (Å²) in [6.07, 6.45) is 1.79. The Balaban J connectivity index is 1.82. The Labute approximate surface area is 150 Å². The predicted octanol–water partition coefficient (Wildman–Crippen LogP) is 5.45. The fourth-order valence-electron chi connectivity index (χ4n) is 2.44. The molecule has 3 nitrogen and oxygen atoms in total. The molecule has 0 saturated heterocycles. The molecule has 0 atom stereocenters. The molecule has 0 amide bonds. The summed E-state index contributed by atoms with van der Waals surface area (Å²) in [7, 11) is 0. The van der Waals surface area contributed by atoms with Gasteiger partial charge < -0.3 is 4.98 Å². The Bertz CT molecular complexity index is 1080. The van der Waals surface area contributed by atoms with Crippen LogP contribution in [0.2, 0.25) is 0 Å². The summed E-state index contributed by atoms with van der Waals surface area (Å²) >= 11 is 9.41. The van der Waals surface area contributed by atoms with E-state index in [4.69, 9.17) is 11.6 Å². The lowest BCUT2D eigenvalue weighted by atomic mass is 10.2. The lowest BCUT2D eigenvalue weighted by Crippen LogP contribution is -2.09. The molecule has 3 heterocycles. The van der Waals surface area contributed by atoms with Crippen LogP contribution < -0.4 is 5.56 Å². The number of halogens is 1. The second kappa shape index (κ2) is 6.36. The quantitative estimate of drug-likeness (QED) is 0.521. The van der Waals surface area contributed by atoms with Gasteiger partial charge in [-0.1, -0.05) is 48.0 Å². The molecular weight excluding hydrogens is 360 g/mol. The maximum Gasteiger partial charge on any atom is 0.260 e. The molecule has 0 radical (unpaired) electrons. The topological polar surface area (TPSA) is 45.8 Å². The van der Waals surface area contributed by atoms with Gasteiger partial charge in [0.2, 0.25) is 0 Å². The van der Waals surface area contributed by atoms with Crippen molar-refractivity contribution < 1.29 is 0 Å². The molecule has 118 valence electrons. The Morgan fingerprint density at radius 2 is 1.96 bits per heavy atom. The average Bonchev–Trinajstić information content (AvgIpc) is 3.24. The zero-order chi connectivity index (χ0) is 16.5. The number of benzene rings is 1. The van der Waals surface area contributed by atoms with Gasteiger partial charge in [-0.2, -0.15) is 0 Å². The first kappa shape index (κ1) is 15.3. The van der Waals surface area contributed by atoms with E-state index < -0.39 is 0 Å². The van der Waals surface area contributed by atoms with E-state index in [1.165, 1.54) is 11.3 Å². The molecule has 3 aromatic heterocycles. The maximum atomic E-state index is 12.6. The Kier molecular flexibility index (Phi) is 4.06. The van der Waals surface area contributed by atoms with E-state index in [-0.39, 0.29) is 5.56 Å². The molecular formula is C18H11ClN2OS2. The molecule has 4 rings (SSSR count). The molecule has 24 heavy (non-hydrogen) atoms. The molecule has 0 fully saturated rings. The van der Waals surface area contributed by atoms with Gasteiger partial charge in [-0.15, -0.1) is 22.7 Å². The highest BCUT2D eigenvalue weighted by Crippen LogP contribution is 2.34. The standard InChI is InChI=1S/C18H11ClN2OS2/c19-13(9-11-5-2-1-3-6-11)16-20-17(22)15-12(10-24-18(15)21-16)14-7-4-8-23-14/h1-10H,(H,20,21,22)/b13-9-. The largest absolute Gasteiger partial charge is 0.305 e. The summed E-state index contributed by atoms with van der Waals surface area (Å²) in [6, 6.07) is 13.7. The van der Waals surface area contributed by atoms with Gasteiger partial charge in [0, 0.05) is 15.8 Å². The Morgan fingerprint density at radius 3 is 2.71 bits per heavy atom. The number of nitrogens with one attached hydrogen (secondary N) is 1. The van der Waals surface area contributed by atoms with E-state index in [1.807, 2.05) is 53.2 Å². The van der Waals surface area contributed by atoms with E-state index in [0.717, 1.165) is 16.0 Å². The third-order valence-corrected chi connectivity index (χ3v) is 5.61. The van der Waals surface area contributed by atoms with Crippen LogP contribution in [0.5, 0.6) is 0 Å². The van der Waals surface area contributed by atoms with Gasteiger partial charge in [0.05, 0.1) is 10.4 Å². The van der Waals surface area contributed by atoms with E-state index in [0.29, 0.717) is 21.1 Å². The van der Waals surface area contributed by atoms with Crippen LogP contribution in [0.1, 0.15) is 11.4 Å². The third kappa shape index (κ3) is 2.82. The summed E-state index contributed by atoms with van der Waals surface area (Å²) in [5, 5.41) is 4.99. The molecule has 0 saturated carbocycles. The molecule has 1 N–H and O–H groups in total. The zero-order valence-electron chi connectivity index (χ0n) is 12.3. The highest BCUT2D eigenvalue weighted by molar-refractivity contribution is 7.18. The number of thiophene rings is 2.